The maximum atomic E-state index is 13.6. The van der Waals surface area contributed by atoms with Gasteiger partial charge in [-0.15, -0.1) is 13.2 Å². The number of Topliss-reactive ketones (excluding diaryl/α,β-unsaturated/α-hetero) is 1. The van der Waals surface area contributed by atoms with Gasteiger partial charge in [0.05, 0.1) is 5.41 Å². The molecule has 25 heavy (non-hydrogen) atoms. The Hall–Kier alpha value is -2.51. The van der Waals surface area contributed by atoms with Crippen LogP contribution >= 0.6 is 0 Å². The second-order valence-corrected chi connectivity index (χ2v) is 5.91. The van der Waals surface area contributed by atoms with Crippen molar-refractivity contribution in [1.82, 2.24) is 4.98 Å². The van der Waals surface area contributed by atoms with Crippen LogP contribution in [0.15, 0.2) is 48.7 Å². The summed E-state index contributed by atoms with van der Waals surface area (Å²) in [7, 11) is 0. The van der Waals surface area contributed by atoms with Crippen LogP contribution in [0.4, 0.5) is 22.0 Å². The lowest BCUT2D eigenvalue weighted by Crippen LogP contribution is -2.54. The van der Waals surface area contributed by atoms with Gasteiger partial charge >= 0.3 is 6.36 Å². The standard InChI is InChI=1S/C17H12F5NO2/c18-16(19)9-15(10-16,14(24)13-3-1-2-8-23-13)11-4-6-12(7-5-11)25-17(20,21)22/h1-8H,9-10H2. The molecule has 1 aromatic carbocycles. The first-order chi connectivity index (χ1) is 11.6. The molecule has 0 aliphatic heterocycles. The lowest BCUT2D eigenvalue weighted by Gasteiger charge is -2.46. The molecule has 1 fully saturated rings. The first-order valence-electron chi connectivity index (χ1n) is 7.31. The number of hydrogen-bond acceptors (Lipinski definition) is 3. The molecule has 1 aliphatic rings. The number of hydrogen-bond donors (Lipinski definition) is 0. The number of halogens is 5. The summed E-state index contributed by atoms with van der Waals surface area (Å²) in [4.78, 5) is 16.6. The Balaban J connectivity index is 1.93. The number of ketones is 1. The van der Waals surface area contributed by atoms with Crippen LogP contribution in [0, 0.1) is 0 Å². The van der Waals surface area contributed by atoms with E-state index in [0.29, 0.717) is 0 Å². The van der Waals surface area contributed by atoms with E-state index in [4.69, 9.17) is 0 Å². The first-order valence-corrected chi connectivity index (χ1v) is 7.31. The summed E-state index contributed by atoms with van der Waals surface area (Å²) in [5, 5.41) is 0. The zero-order valence-electron chi connectivity index (χ0n) is 12.7. The van der Waals surface area contributed by atoms with Crippen LogP contribution in [0.25, 0.3) is 0 Å². The number of carbonyl (C=O) groups excluding carboxylic acids is 1. The van der Waals surface area contributed by atoms with Crippen molar-refractivity contribution in [3.63, 3.8) is 0 Å². The Morgan fingerprint density at radius 3 is 2.16 bits per heavy atom. The quantitative estimate of drug-likeness (QED) is 0.596. The summed E-state index contributed by atoms with van der Waals surface area (Å²) in [5.74, 6) is -4.07. The van der Waals surface area contributed by atoms with Crippen LogP contribution in [0.3, 0.4) is 0 Å². The van der Waals surface area contributed by atoms with Gasteiger partial charge in [-0.1, -0.05) is 18.2 Å². The van der Waals surface area contributed by atoms with Gasteiger partial charge in [0, 0.05) is 19.0 Å². The molecule has 1 saturated carbocycles. The third kappa shape index (κ3) is 3.47. The van der Waals surface area contributed by atoms with E-state index in [1.165, 1.54) is 24.4 Å². The van der Waals surface area contributed by atoms with Crippen LogP contribution in [-0.4, -0.2) is 23.1 Å². The van der Waals surface area contributed by atoms with Crippen LogP contribution in [0.2, 0.25) is 0 Å². The van der Waals surface area contributed by atoms with Crippen molar-refractivity contribution in [2.75, 3.05) is 0 Å². The van der Waals surface area contributed by atoms with Crippen molar-refractivity contribution < 1.29 is 31.5 Å². The van der Waals surface area contributed by atoms with Gasteiger partial charge in [0.15, 0.2) is 5.78 Å². The second-order valence-electron chi connectivity index (χ2n) is 5.91. The third-order valence-electron chi connectivity index (χ3n) is 4.09. The maximum Gasteiger partial charge on any atom is 0.573 e. The lowest BCUT2D eigenvalue weighted by atomic mass is 9.59. The number of pyridine rings is 1. The summed E-state index contributed by atoms with van der Waals surface area (Å²) in [6.07, 6.45) is -4.91. The number of carbonyl (C=O) groups is 1. The van der Waals surface area contributed by atoms with Gasteiger partial charge in [0.1, 0.15) is 11.4 Å². The monoisotopic (exact) mass is 357 g/mol. The van der Waals surface area contributed by atoms with Gasteiger partial charge < -0.3 is 4.74 Å². The van der Waals surface area contributed by atoms with E-state index in [-0.39, 0.29) is 11.3 Å². The third-order valence-corrected chi connectivity index (χ3v) is 4.09. The van der Waals surface area contributed by atoms with Crippen molar-refractivity contribution in [3.05, 3.63) is 59.9 Å². The maximum absolute atomic E-state index is 13.6. The molecule has 8 heteroatoms. The molecular formula is C17H12F5NO2. The Bertz CT molecular complexity index is 764. The highest BCUT2D eigenvalue weighted by molar-refractivity contribution is 6.03. The van der Waals surface area contributed by atoms with Crippen LogP contribution in [0.1, 0.15) is 28.9 Å². The number of alkyl halides is 5. The molecule has 0 amide bonds. The highest BCUT2D eigenvalue weighted by Gasteiger charge is 2.61. The summed E-state index contributed by atoms with van der Waals surface area (Å²) < 4.78 is 67.5. The Morgan fingerprint density at radius 2 is 1.68 bits per heavy atom. The molecule has 0 saturated heterocycles. The summed E-state index contributed by atoms with van der Waals surface area (Å²) >= 11 is 0. The zero-order valence-corrected chi connectivity index (χ0v) is 12.7. The van der Waals surface area contributed by atoms with Crippen molar-refractivity contribution in [2.24, 2.45) is 0 Å². The number of rotatable bonds is 4. The van der Waals surface area contributed by atoms with E-state index >= 15 is 0 Å². The Kier molecular flexibility index (Phi) is 4.01. The molecule has 0 bridgehead atoms. The van der Waals surface area contributed by atoms with Gasteiger partial charge in [0.25, 0.3) is 5.92 Å². The zero-order chi connectivity index (χ0) is 18.3. The lowest BCUT2D eigenvalue weighted by molar-refractivity contribution is -0.274. The van der Waals surface area contributed by atoms with Crippen molar-refractivity contribution in [1.29, 1.82) is 0 Å². The van der Waals surface area contributed by atoms with Gasteiger partial charge in [-0.3, -0.25) is 9.78 Å². The van der Waals surface area contributed by atoms with E-state index in [0.717, 1.165) is 12.1 Å². The highest BCUT2D eigenvalue weighted by Crippen LogP contribution is 2.55. The molecular weight excluding hydrogens is 345 g/mol. The molecule has 1 aliphatic carbocycles. The Morgan fingerprint density at radius 1 is 1.04 bits per heavy atom. The van der Waals surface area contributed by atoms with E-state index in [9.17, 15) is 26.7 Å². The number of aromatic nitrogens is 1. The second kappa shape index (κ2) is 5.79. The number of benzene rings is 1. The summed E-state index contributed by atoms with van der Waals surface area (Å²) in [5.41, 5.74) is -1.26. The fourth-order valence-electron chi connectivity index (χ4n) is 3.04. The number of nitrogens with zero attached hydrogens (tertiary/aromatic N) is 1. The van der Waals surface area contributed by atoms with Gasteiger partial charge in [-0.05, 0) is 29.8 Å². The molecule has 132 valence electrons. The van der Waals surface area contributed by atoms with Crippen molar-refractivity contribution >= 4 is 5.78 Å². The highest BCUT2D eigenvalue weighted by atomic mass is 19.4. The number of ether oxygens (including phenoxy) is 1. The fourth-order valence-corrected chi connectivity index (χ4v) is 3.04. The molecule has 0 spiro atoms. The van der Waals surface area contributed by atoms with Gasteiger partial charge in [0.2, 0.25) is 0 Å². The topological polar surface area (TPSA) is 39.2 Å². The smallest absolute Gasteiger partial charge is 0.406 e. The minimum absolute atomic E-state index is 0.0358. The van der Waals surface area contributed by atoms with Crippen molar-refractivity contribution in [2.45, 2.75) is 30.5 Å². The molecule has 0 atom stereocenters. The molecule has 1 aromatic heterocycles. The molecule has 2 aromatic rings. The minimum Gasteiger partial charge on any atom is -0.406 e. The molecule has 0 radical (unpaired) electrons. The fraction of sp³-hybridized carbons (Fsp3) is 0.294. The van der Waals surface area contributed by atoms with E-state index in [1.54, 1.807) is 12.1 Å². The molecule has 0 N–H and O–H groups in total. The minimum atomic E-state index is -4.85. The molecule has 0 unspecified atom stereocenters. The van der Waals surface area contributed by atoms with Crippen LogP contribution in [0.5, 0.6) is 5.75 Å². The van der Waals surface area contributed by atoms with Crippen LogP contribution in [-0.2, 0) is 5.41 Å². The molecule has 3 rings (SSSR count). The largest absolute Gasteiger partial charge is 0.573 e. The molecule has 1 heterocycles. The van der Waals surface area contributed by atoms with E-state index in [1.807, 2.05) is 0 Å². The summed E-state index contributed by atoms with van der Waals surface area (Å²) in [6.45, 7) is 0. The van der Waals surface area contributed by atoms with Gasteiger partial charge in [-0.2, -0.15) is 0 Å². The van der Waals surface area contributed by atoms with Crippen LogP contribution < -0.4 is 4.74 Å². The average molecular weight is 357 g/mol. The average Bonchev–Trinajstić information content (AvgIpc) is 2.51. The van der Waals surface area contributed by atoms with E-state index < -0.39 is 42.1 Å². The Labute approximate surface area is 139 Å². The first kappa shape index (κ1) is 17.3. The predicted octanol–water partition coefficient (Wildman–Crippen LogP) is 4.53. The SMILES string of the molecule is O=C(c1ccccn1)C1(c2ccc(OC(F)(F)F)cc2)CC(F)(F)C1. The molecule has 3 nitrogen and oxygen atoms in total. The van der Waals surface area contributed by atoms with Gasteiger partial charge in [-0.25, -0.2) is 8.78 Å². The normalized spacial score (nSPS) is 18.3. The van der Waals surface area contributed by atoms with E-state index in [2.05, 4.69) is 9.72 Å². The summed E-state index contributed by atoms with van der Waals surface area (Å²) in [6, 6.07) is 8.99. The van der Waals surface area contributed by atoms with Crippen molar-refractivity contribution in [3.8, 4) is 5.75 Å². The predicted molar refractivity (Wildman–Crippen MR) is 77.6 cm³/mol.